The number of alkyl halides is 3. The van der Waals surface area contributed by atoms with Gasteiger partial charge in [0, 0.05) is 19.2 Å². The van der Waals surface area contributed by atoms with Crippen LogP contribution in [0.15, 0.2) is 16.9 Å². The Balaban J connectivity index is 2.34. The smallest absolute Gasteiger partial charge is 0.325 e. The molecular formula is C14H18F3N3O2. The molecule has 22 heavy (non-hydrogen) atoms. The van der Waals surface area contributed by atoms with Gasteiger partial charge in [-0.1, -0.05) is 12.8 Å². The summed E-state index contributed by atoms with van der Waals surface area (Å²) in [6.07, 6.45) is -2.91. The summed E-state index contributed by atoms with van der Waals surface area (Å²) in [5.74, 6) is -0.772. The minimum atomic E-state index is -4.46. The Morgan fingerprint density at radius 1 is 1.32 bits per heavy atom. The van der Waals surface area contributed by atoms with Gasteiger partial charge < -0.3 is 4.90 Å². The van der Waals surface area contributed by atoms with Gasteiger partial charge in [0.05, 0.1) is 0 Å². The maximum Gasteiger partial charge on any atom is 0.408 e. The van der Waals surface area contributed by atoms with Crippen LogP contribution in [0.4, 0.5) is 13.2 Å². The lowest BCUT2D eigenvalue weighted by molar-refractivity contribution is -0.177. The Hall–Kier alpha value is -1.86. The maximum absolute atomic E-state index is 13.2. The van der Waals surface area contributed by atoms with E-state index in [4.69, 9.17) is 0 Å². The summed E-state index contributed by atoms with van der Waals surface area (Å²) < 4.78 is 40.6. The second-order valence-electron chi connectivity index (χ2n) is 5.28. The summed E-state index contributed by atoms with van der Waals surface area (Å²) in [7, 11) is 0. The predicted molar refractivity (Wildman–Crippen MR) is 73.5 cm³/mol. The Morgan fingerprint density at radius 2 is 2.05 bits per heavy atom. The van der Waals surface area contributed by atoms with E-state index in [9.17, 15) is 22.8 Å². The number of amides is 1. The highest BCUT2D eigenvalue weighted by Gasteiger charge is 2.45. The molecule has 5 nitrogen and oxygen atoms in total. The Kier molecular flexibility index (Phi) is 4.87. The van der Waals surface area contributed by atoms with E-state index >= 15 is 0 Å². The lowest BCUT2D eigenvalue weighted by Gasteiger charge is -2.31. The maximum atomic E-state index is 13.2. The number of hydrogen-bond donors (Lipinski definition) is 0. The van der Waals surface area contributed by atoms with Crippen LogP contribution < -0.4 is 5.56 Å². The molecule has 1 unspecified atom stereocenters. The molecule has 0 saturated carbocycles. The van der Waals surface area contributed by atoms with E-state index in [0.717, 1.165) is 15.6 Å². The van der Waals surface area contributed by atoms with Crippen LogP contribution >= 0.6 is 0 Å². The van der Waals surface area contributed by atoms with Crippen molar-refractivity contribution >= 4 is 5.91 Å². The summed E-state index contributed by atoms with van der Waals surface area (Å²) in [6.45, 7) is 1.98. The minimum Gasteiger partial charge on any atom is -0.325 e. The third-order valence-electron chi connectivity index (χ3n) is 3.78. The van der Waals surface area contributed by atoms with Gasteiger partial charge in [-0.25, -0.2) is 4.68 Å². The summed E-state index contributed by atoms with van der Waals surface area (Å²) in [5, 5.41) is 3.86. The van der Waals surface area contributed by atoms with Crippen molar-refractivity contribution in [1.82, 2.24) is 14.7 Å². The standard InChI is InChI=1S/C14H18F3N3O2/c1-2-20-12(21)8-7-10(18-20)13(22)19-9-5-3-4-6-11(19)14(15,16)17/h7-8,11H,2-6,9H2,1H3. The van der Waals surface area contributed by atoms with Gasteiger partial charge in [0.15, 0.2) is 0 Å². The Bertz CT molecular complexity index is 598. The van der Waals surface area contributed by atoms with Gasteiger partial charge in [-0.2, -0.15) is 18.3 Å². The molecule has 1 aromatic heterocycles. The van der Waals surface area contributed by atoms with E-state index in [0.29, 0.717) is 19.3 Å². The molecule has 0 N–H and O–H groups in total. The summed E-state index contributed by atoms with van der Waals surface area (Å²) in [6, 6.07) is 0.561. The van der Waals surface area contributed by atoms with Crippen molar-refractivity contribution in [2.24, 2.45) is 0 Å². The first kappa shape index (κ1) is 16.5. The molecule has 1 aliphatic rings. The van der Waals surface area contributed by atoms with Crippen LogP contribution in [0.25, 0.3) is 0 Å². The van der Waals surface area contributed by atoms with Crippen molar-refractivity contribution in [3.8, 4) is 0 Å². The summed E-state index contributed by atoms with van der Waals surface area (Å²) >= 11 is 0. The number of aromatic nitrogens is 2. The molecule has 2 heterocycles. The molecule has 0 radical (unpaired) electrons. The molecule has 0 spiro atoms. The van der Waals surface area contributed by atoms with E-state index in [1.165, 1.54) is 6.07 Å². The number of hydrogen-bond acceptors (Lipinski definition) is 3. The zero-order chi connectivity index (χ0) is 16.3. The number of likely N-dealkylation sites (tertiary alicyclic amines) is 1. The van der Waals surface area contributed by atoms with Gasteiger partial charge in [0.2, 0.25) is 0 Å². The highest BCUT2D eigenvalue weighted by atomic mass is 19.4. The SMILES string of the molecule is CCn1nc(C(=O)N2CCCCCC2C(F)(F)F)ccc1=O. The molecule has 1 aromatic rings. The van der Waals surface area contributed by atoms with E-state index in [1.807, 2.05) is 0 Å². The van der Waals surface area contributed by atoms with Crippen molar-refractivity contribution in [2.75, 3.05) is 6.54 Å². The molecule has 1 aliphatic heterocycles. The van der Waals surface area contributed by atoms with Gasteiger partial charge in [0.25, 0.3) is 11.5 Å². The number of halogens is 3. The van der Waals surface area contributed by atoms with Crippen molar-refractivity contribution in [3.63, 3.8) is 0 Å². The molecule has 0 aromatic carbocycles. The highest BCUT2D eigenvalue weighted by Crippen LogP contribution is 2.31. The van der Waals surface area contributed by atoms with Gasteiger partial charge in [-0.3, -0.25) is 9.59 Å². The van der Waals surface area contributed by atoms with Gasteiger partial charge in [-0.05, 0) is 25.8 Å². The molecule has 122 valence electrons. The number of carbonyl (C=O) groups is 1. The largest absolute Gasteiger partial charge is 0.408 e. The first-order valence-electron chi connectivity index (χ1n) is 7.30. The average molecular weight is 317 g/mol. The van der Waals surface area contributed by atoms with Gasteiger partial charge in [0.1, 0.15) is 11.7 Å². The lowest BCUT2D eigenvalue weighted by Crippen LogP contribution is -2.48. The van der Waals surface area contributed by atoms with Crippen LogP contribution in [0.5, 0.6) is 0 Å². The molecule has 0 aliphatic carbocycles. The number of carbonyl (C=O) groups excluding carboxylic acids is 1. The monoisotopic (exact) mass is 317 g/mol. The quantitative estimate of drug-likeness (QED) is 0.840. The van der Waals surface area contributed by atoms with Crippen LogP contribution in [0.2, 0.25) is 0 Å². The highest BCUT2D eigenvalue weighted by molar-refractivity contribution is 5.92. The molecule has 1 saturated heterocycles. The molecule has 8 heteroatoms. The number of aryl methyl sites for hydroxylation is 1. The van der Waals surface area contributed by atoms with Crippen molar-refractivity contribution in [3.05, 3.63) is 28.2 Å². The van der Waals surface area contributed by atoms with Crippen LogP contribution in [0.3, 0.4) is 0 Å². The van der Waals surface area contributed by atoms with E-state index in [2.05, 4.69) is 5.10 Å². The van der Waals surface area contributed by atoms with Crippen LogP contribution in [0.1, 0.15) is 43.1 Å². The van der Waals surface area contributed by atoms with Crippen LogP contribution in [0, 0.1) is 0 Å². The van der Waals surface area contributed by atoms with Crippen LogP contribution in [-0.2, 0) is 6.54 Å². The first-order chi connectivity index (χ1) is 10.3. The molecular weight excluding hydrogens is 299 g/mol. The Labute approximate surface area is 125 Å². The second-order valence-corrected chi connectivity index (χ2v) is 5.28. The normalized spacial score (nSPS) is 19.8. The third kappa shape index (κ3) is 3.48. The zero-order valence-electron chi connectivity index (χ0n) is 12.3. The predicted octanol–water partition coefficient (Wildman–Crippen LogP) is 2.21. The van der Waals surface area contributed by atoms with Crippen LogP contribution in [-0.4, -0.2) is 39.4 Å². The number of nitrogens with zero attached hydrogens (tertiary/aromatic N) is 3. The van der Waals surface area contributed by atoms with E-state index < -0.39 is 18.1 Å². The number of rotatable bonds is 2. The topological polar surface area (TPSA) is 55.2 Å². The fourth-order valence-electron chi connectivity index (χ4n) is 2.63. The molecule has 1 amide bonds. The third-order valence-corrected chi connectivity index (χ3v) is 3.78. The summed E-state index contributed by atoms with van der Waals surface area (Å²) in [4.78, 5) is 24.8. The molecule has 0 bridgehead atoms. The molecule has 1 atom stereocenters. The van der Waals surface area contributed by atoms with Gasteiger partial charge >= 0.3 is 6.18 Å². The molecule has 2 rings (SSSR count). The lowest BCUT2D eigenvalue weighted by atomic mass is 10.1. The zero-order valence-corrected chi connectivity index (χ0v) is 12.3. The van der Waals surface area contributed by atoms with Crippen molar-refractivity contribution < 1.29 is 18.0 Å². The second kappa shape index (κ2) is 6.50. The van der Waals surface area contributed by atoms with E-state index in [-0.39, 0.29) is 30.8 Å². The summed E-state index contributed by atoms with van der Waals surface area (Å²) in [5.41, 5.74) is -0.514. The fraction of sp³-hybridized carbons (Fsp3) is 0.643. The average Bonchev–Trinajstić information content (AvgIpc) is 2.72. The van der Waals surface area contributed by atoms with Crippen molar-refractivity contribution in [1.29, 1.82) is 0 Å². The first-order valence-corrected chi connectivity index (χ1v) is 7.30. The van der Waals surface area contributed by atoms with Crippen molar-refractivity contribution in [2.45, 2.75) is 51.4 Å². The molecule has 1 fully saturated rings. The van der Waals surface area contributed by atoms with E-state index in [1.54, 1.807) is 6.92 Å². The van der Waals surface area contributed by atoms with Gasteiger partial charge in [-0.15, -0.1) is 0 Å². The Morgan fingerprint density at radius 3 is 2.68 bits per heavy atom. The minimum absolute atomic E-state index is 0.0515. The fourth-order valence-corrected chi connectivity index (χ4v) is 2.63.